The molecule has 5 nitrogen and oxygen atoms in total. The zero-order valence-corrected chi connectivity index (χ0v) is 10.9. The lowest BCUT2D eigenvalue weighted by molar-refractivity contribution is -0.154. The number of carbonyl (C=O) groups is 1. The molecule has 0 spiro atoms. The fourth-order valence-electron chi connectivity index (χ4n) is 2.50. The molecule has 0 aromatic heterocycles. The van der Waals surface area contributed by atoms with Crippen molar-refractivity contribution < 1.29 is 19.7 Å². The number of fused-ring (bicyclic) bond motifs is 1. The van der Waals surface area contributed by atoms with Gasteiger partial charge in [-0.15, -0.1) is 0 Å². The summed E-state index contributed by atoms with van der Waals surface area (Å²) in [4.78, 5) is 13.7. The van der Waals surface area contributed by atoms with Crippen molar-refractivity contribution in [3.63, 3.8) is 0 Å². The number of aliphatic hydroxyl groups is 2. The standard InChI is InChI=1S/C13H21NO4/c1-8(2)12(16)13(17)18-7-9-3-4-14-6-10(15)5-11(9)14/h3,8,10-12,15-16H,4-7H2,1-2H3. The molecule has 2 aliphatic heterocycles. The third-order valence-corrected chi connectivity index (χ3v) is 3.65. The molecule has 2 rings (SSSR count). The lowest BCUT2D eigenvalue weighted by Crippen LogP contribution is -2.30. The van der Waals surface area contributed by atoms with Gasteiger partial charge in [0.1, 0.15) is 6.61 Å². The van der Waals surface area contributed by atoms with Gasteiger partial charge in [-0.05, 0) is 17.9 Å². The third-order valence-electron chi connectivity index (χ3n) is 3.65. The van der Waals surface area contributed by atoms with E-state index in [9.17, 15) is 15.0 Å². The van der Waals surface area contributed by atoms with E-state index in [2.05, 4.69) is 4.90 Å². The number of rotatable bonds is 4. The van der Waals surface area contributed by atoms with E-state index in [1.54, 1.807) is 13.8 Å². The Morgan fingerprint density at radius 2 is 2.33 bits per heavy atom. The molecular weight excluding hydrogens is 234 g/mol. The Morgan fingerprint density at radius 3 is 3.00 bits per heavy atom. The second-order valence-corrected chi connectivity index (χ2v) is 5.43. The van der Waals surface area contributed by atoms with Gasteiger partial charge in [0.25, 0.3) is 0 Å². The maximum atomic E-state index is 11.5. The van der Waals surface area contributed by atoms with Crippen LogP contribution >= 0.6 is 0 Å². The van der Waals surface area contributed by atoms with Crippen LogP contribution in [0.2, 0.25) is 0 Å². The molecule has 0 aromatic rings. The molecule has 5 heteroatoms. The van der Waals surface area contributed by atoms with E-state index >= 15 is 0 Å². The summed E-state index contributed by atoms with van der Waals surface area (Å²) in [6.45, 7) is 5.26. The van der Waals surface area contributed by atoms with E-state index in [-0.39, 0.29) is 24.7 Å². The minimum Gasteiger partial charge on any atom is -0.459 e. The SMILES string of the molecule is CC(C)C(O)C(=O)OCC1=CCN2CC(O)CC12. The van der Waals surface area contributed by atoms with Crippen LogP contribution in [-0.4, -0.2) is 59.0 Å². The molecule has 3 unspecified atom stereocenters. The van der Waals surface area contributed by atoms with Crippen LogP contribution in [-0.2, 0) is 9.53 Å². The topological polar surface area (TPSA) is 70.0 Å². The van der Waals surface area contributed by atoms with Crippen LogP contribution in [0.15, 0.2) is 11.6 Å². The number of nitrogens with zero attached hydrogens (tertiary/aromatic N) is 1. The normalized spacial score (nSPS) is 29.3. The van der Waals surface area contributed by atoms with Crippen LogP contribution in [0.1, 0.15) is 20.3 Å². The minimum atomic E-state index is -1.06. The number of esters is 1. The summed E-state index contributed by atoms with van der Waals surface area (Å²) in [5.74, 6) is -0.706. The van der Waals surface area contributed by atoms with Crippen LogP contribution < -0.4 is 0 Å². The summed E-state index contributed by atoms with van der Waals surface area (Å²) in [7, 11) is 0. The molecule has 0 bridgehead atoms. The predicted molar refractivity (Wildman–Crippen MR) is 65.9 cm³/mol. The van der Waals surface area contributed by atoms with Crippen molar-refractivity contribution in [3.8, 4) is 0 Å². The Kier molecular flexibility index (Phi) is 4.04. The molecule has 3 atom stereocenters. The molecule has 1 fully saturated rings. The van der Waals surface area contributed by atoms with Crippen LogP contribution in [0.5, 0.6) is 0 Å². The van der Waals surface area contributed by atoms with Crippen LogP contribution in [0.25, 0.3) is 0 Å². The second-order valence-electron chi connectivity index (χ2n) is 5.43. The van der Waals surface area contributed by atoms with E-state index in [1.165, 1.54) is 0 Å². The molecule has 0 aliphatic carbocycles. The number of hydrogen-bond acceptors (Lipinski definition) is 5. The van der Waals surface area contributed by atoms with Gasteiger partial charge in [-0.3, -0.25) is 4.90 Å². The highest BCUT2D eigenvalue weighted by atomic mass is 16.5. The average molecular weight is 255 g/mol. The first kappa shape index (κ1) is 13.5. The Labute approximate surface area is 107 Å². The fourth-order valence-corrected chi connectivity index (χ4v) is 2.50. The Bertz CT molecular complexity index is 353. The molecule has 0 aromatic carbocycles. The van der Waals surface area contributed by atoms with Crippen molar-refractivity contribution >= 4 is 5.97 Å². The van der Waals surface area contributed by atoms with Gasteiger partial charge in [-0.25, -0.2) is 4.79 Å². The lowest BCUT2D eigenvalue weighted by Gasteiger charge is -2.18. The molecule has 2 N–H and O–H groups in total. The zero-order chi connectivity index (χ0) is 13.3. The number of hydrogen-bond donors (Lipinski definition) is 2. The molecular formula is C13H21NO4. The van der Waals surface area contributed by atoms with Crippen LogP contribution in [0.4, 0.5) is 0 Å². The third kappa shape index (κ3) is 2.74. The molecule has 2 heterocycles. The summed E-state index contributed by atoms with van der Waals surface area (Å²) in [6, 6.07) is 0.198. The first-order valence-corrected chi connectivity index (χ1v) is 6.44. The number of carbonyl (C=O) groups excluding carboxylic acids is 1. The molecule has 0 saturated carbocycles. The average Bonchev–Trinajstić information content (AvgIpc) is 2.84. The largest absolute Gasteiger partial charge is 0.459 e. The molecule has 1 saturated heterocycles. The Hall–Kier alpha value is -0.910. The monoisotopic (exact) mass is 255 g/mol. The maximum Gasteiger partial charge on any atom is 0.335 e. The quantitative estimate of drug-likeness (QED) is 0.543. The summed E-state index contributed by atoms with van der Waals surface area (Å²) in [6.07, 6.45) is 1.41. The second kappa shape index (κ2) is 5.38. The first-order chi connectivity index (χ1) is 8.49. The van der Waals surface area contributed by atoms with Crippen molar-refractivity contribution in [1.82, 2.24) is 4.90 Å². The van der Waals surface area contributed by atoms with E-state index < -0.39 is 12.1 Å². The summed E-state index contributed by atoms with van der Waals surface area (Å²) in [5, 5.41) is 19.1. The van der Waals surface area contributed by atoms with Gasteiger partial charge in [0.2, 0.25) is 0 Å². The molecule has 0 amide bonds. The van der Waals surface area contributed by atoms with Crippen molar-refractivity contribution in [2.75, 3.05) is 19.7 Å². The van der Waals surface area contributed by atoms with Gasteiger partial charge >= 0.3 is 5.97 Å². The van der Waals surface area contributed by atoms with Gasteiger partial charge in [-0.2, -0.15) is 0 Å². The van der Waals surface area contributed by atoms with Gasteiger partial charge in [0.15, 0.2) is 6.10 Å². The minimum absolute atomic E-state index is 0.139. The highest BCUT2D eigenvalue weighted by molar-refractivity contribution is 5.74. The smallest absolute Gasteiger partial charge is 0.335 e. The molecule has 0 radical (unpaired) electrons. The highest BCUT2D eigenvalue weighted by Crippen LogP contribution is 2.29. The highest BCUT2D eigenvalue weighted by Gasteiger charge is 2.36. The predicted octanol–water partition coefficient (Wildman–Crippen LogP) is -0.0783. The first-order valence-electron chi connectivity index (χ1n) is 6.44. The van der Waals surface area contributed by atoms with Gasteiger partial charge in [0.05, 0.1) is 6.10 Å². The number of ether oxygens (including phenoxy) is 1. The molecule has 18 heavy (non-hydrogen) atoms. The summed E-state index contributed by atoms with van der Waals surface area (Å²) >= 11 is 0. The van der Waals surface area contributed by atoms with E-state index in [0.717, 1.165) is 12.1 Å². The Morgan fingerprint density at radius 1 is 1.61 bits per heavy atom. The molecule has 2 aliphatic rings. The van der Waals surface area contributed by atoms with E-state index in [0.29, 0.717) is 13.0 Å². The number of aliphatic hydroxyl groups excluding tert-OH is 2. The fraction of sp³-hybridized carbons (Fsp3) is 0.769. The maximum absolute atomic E-state index is 11.5. The van der Waals surface area contributed by atoms with Crippen LogP contribution in [0.3, 0.4) is 0 Å². The summed E-state index contributed by atoms with van der Waals surface area (Å²) in [5.41, 5.74) is 1.04. The van der Waals surface area contributed by atoms with Crippen molar-refractivity contribution in [2.45, 2.75) is 38.5 Å². The lowest BCUT2D eigenvalue weighted by atomic mass is 10.1. The van der Waals surface area contributed by atoms with Crippen molar-refractivity contribution in [3.05, 3.63) is 11.6 Å². The van der Waals surface area contributed by atoms with Gasteiger partial charge < -0.3 is 14.9 Å². The van der Waals surface area contributed by atoms with Crippen molar-refractivity contribution in [2.24, 2.45) is 5.92 Å². The zero-order valence-electron chi connectivity index (χ0n) is 10.9. The van der Waals surface area contributed by atoms with E-state index in [1.807, 2.05) is 6.08 Å². The van der Waals surface area contributed by atoms with E-state index in [4.69, 9.17) is 4.74 Å². The van der Waals surface area contributed by atoms with Crippen molar-refractivity contribution in [1.29, 1.82) is 0 Å². The van der Waals surface area contributed by atoms with Crippen LogP contribution in [0, 0.1) is 5.92 Å². The van der Waals surface area contributed by atoms with Gasteiger partial charge in [0, 0.05) is 19.1 Å². The Balaban J connectivity index is 1.83. The van der Waals surface area contributed by atoms with Gasteiger partial charge in [-0.1, -0.05) is 19.9 Å². The summed E-state index contributed by atoms with van der Waals surface area (Å²) < 4.78 is 5.13. The molecule has 102 valence electrons.